The molecule has 0 fully saturated rings. The summed E-state index contributed by atoms with van der Waals surface area (Å²) >= 11 is 0. The molecule has 174 valence electrons. The molecule has 3 aromatic carbocycles. The van der Waals surface area contributed by atoms with Gasteiger partial charge in [0.2, 0.25) is 5.91 Å². The molecule has 4 aromatic rings. The van der Waals surface area contributed by atoms with Crippen LogP contribution in [0.25, 0.3) is 27.7 Å². The average molecular weight is 455 g/mol. The van der Waals surface area contributed by atoms with Crippen molar-refractivity contribution in [2.45, 2.75) is 20.8 Å². The van der Waals surface area contributed by atoms with E-state index in [1.165, 1.54) is 5.56 Å². The third-order valence-corrected chi connectivity index (χ3v) is 5.76. The van der Waals surface area contributed by atoms with E-state index in [1.54, 1.807) is 12.3 Å². The summed E-state index contributed by atoms with van der Waals surface area (Å²) in [6.07, 6.45) is 3.38. The second-order valence-corrected chi connectivity index (χ2v) is 8.55. The Labute approximate surface area is 200 Å². The van der Waals surface area contributed by atoms with Crippen LogP contribution in [0.4, 0.5) is 11.4 Å². The molecule has 0 aliphatic rings. The molecular formula is C29H30N2O3. The third-order valence-electron chi connectivity index (χ3n) is 5.76. The van der Waals surface area contributed by atoms with Gasteiger partial charge in [0.05, 0.1) is 12.9 Å². The van der Waals surface area contributed by atoms with Crippen molar-refractivity contribution < 1.29 is 13.9 Å². The molecule has 1 amide bonds. The molecule has 0 unspecified atom stereocenters. The zero-order valence-electron chi connectivity index (χ0n) is 20.3. The van der Waals surface area contributed by atoms with Crippen molar-refractivity contribution >= 4 is 33.8 Å². The highest BCUT2D eigenvalue weighted by molar-refractivity contribution is 6.05. The molecule has 0 radical (unpaired) electrons. The first-order valence-electron chi connectivity index (χ1n) is 11.4. The van der Waals surface area contributed by atoms with Crippen LogP contribution in [0.2, 0.25) is 0 Å². The summed E-state index contributed by atoms with van der Waals surface area (Å²) in [6, 6.07) is 20.0. The summed E-state index contributed by atoms with van der Waals surface area (Å²) in [5.41, 5.74) is 7.54. The van der Waals surface area contributed by atoms with Crippen LogP contribution in [0.15, 0.2) is 77.4 Å². The molecule has 0 bridgehead atoms. The van der Waals surface area contributed by atoms with Crippen LogP contribution < -0.4 is 15.0 Å². The second-order valence-electron chi connectivity index (χ2n) is 8.55. The largest absolute Gasteiger partial charge is 0.493 e. The van der Waals surface area contributed by atoms with E-state index in [2.05, 4.69) is 36.5 Å². The molecule has 0 saturated carbocycles. The van der Waals surface area contributed by atoms with Gasteiger partial charge in [-0.2, -0.15) is 0 Å². The number of hydrogen-bond donors (Lipinski definition) is 1. The Hall–Kier alpha value is -3.99. The van der Waals surface area contributed by atoms with Crippen molar-refractivity contribution in [2.75, 3.05) is 30.9 Å². The van der Waals surface area contributed by atoms with Gasteiger partial charge in [-0.05, 0) is 62.2 Å². The second kappa shape index (κ2) is 9.87. The number of allylic oxidation sites excluding steroid dienone is 1. The van der Waals surface area contributed by atoms with Crippen LogP contribution in [0, 0.1) is 6.92 Å². The van der Waals surface area contributed by atoms with Crippen LogP contribution in [-0.4, -0.2) is 26.6 Å². The Morgan fingerprint density at radius 2 is 1.76 bits per heavy atom. The van der Waals surface area contributed by atoms with Gasteiger partial charge < -0.3 is 19.4 Å². The van der Waals surface area contributed by atoms with E-state index in [0.717, 1.165) is 44.6 Å². The fourth-order valence-electron chi connectivity index (χ4n) is 3.89. The number of carbonyl (C=O) groups is 1. The Balaban J connectivity index is 1.67. The molecule has 0 saturated heterocycles. The number of ether oxygens (including phenoxy) is 1. The van der Waals surface area contributed by atoms with E-state index < -0.39 is 0 Å². The van der Waals surface area contributed by atoms with Crippen molar-refractivity contribution in [2.24, 2.45) is 0 Å². The molecule has 0 aliphatic heterocycles. The van der Waals surface area contributed by atoms with Gasteiger partial charge in [-0.1, -0.05) is 29.8 Å². The minimum absolute atomic E-state index is 0.191. The van der Waals surface area contributed by atoms with Crippen molar-refractivity contribution in [1.82, 2.24) is 0 Å². The fourth-order valence-corrected chi connectivity index (χ4v) is 3.89. The van der Waals surface area contributed by atoms with Crippen molar-refractivity contribution in [3.8, 4) is 16.9 Å². The Bertz CT molecular complexity index is 1330. The topological polar surface area (TPSA) is 54.7 Å². The quantitative estimate of drug-likeness (QED) is 0.308. The van der Waals surface area contributed by atoms with Crippen LogP contribution in [0.1, 0.15) is 25.0 Å². The monoisotopic (exact) mass is 454 g/mol. The van der Waals surface area contributed by atoms with Crippen molar-refractivity contribution in [3.63, 3.8) is 0 Å². The number of furan rings is 1. The molecule has 0 spiro atoms. The zero-order valence-corrected chi connectivity index (χ0v) is 20.3. The fraction of sp³-hybridized carbons (Fsp3) is 0.207. The molecule has 1 N–H and O–H groups in total. The van der Waals surface area contributed by atoms with Gasteiger partial charge >= 0.3 is 0 Å². The highest BCUT2D eigenvalue weighted by atomic mass is 16.5. The molecular weight excluding hydrogens is 424 g/mol. The lowest BCUT2D eigenvalue weighted by Gasteiger charge is -2.13. The number of aryl methyl sites for hydroxylation is 1. The van der Waals surface area contributed by atoms with Crippen LogP contribution in [-0.2, 0) is 4.79 Å². The van der Waals surface area contributed by atoms with Gasteiger partial charge in [0.1, 0.15) is 11.3 Å². The Morgan fingerprint density at radius 1 is 1.06 bits per heavy atom. The summed E-state index contributed by atoms with van der Waals surface area (Å²) in [4.78, 5) is 14.8. The number of anilines is 2. The maximum atomic E-state index is 12.8. The average Bonchev–Trinajstić information content (AvgIpc) is 3.22. The molecule has 4 rings (SSSR count). The molecule has 1 aromatic heterocycles. The zero-order chi connectivity index (χ0) is 24.2. The van der Waals surface area contributed by atoms with E-state index in [4.69, 9.17) is 9.15 Å². The summed E-state index contributed by atoms with van der Waals surface area (Å²) in [7, 11) is 3.97. The third kappa shape index (κ3) is 4.99. The lowest BCUT2D eigenvalue weighted by molar-refractivity contribution is -0.111. The minimum atomic E-state index is -0.191. The van der Waals surface area contributed by atoms with E-state index in [1.807, 2.05) is 69.2 Å². The number of hydrogen-bond acceptors (Lipinski definition) is 4. The van der Waals surface area contributed by atoms with Crippen LogP contribution in [0.3, 0.4) is 0 Å². The highest BCUT2D eigenvalue weighted by Gasteiger charge is 2.15. The van der Waals surface area contributed by atoms with Crippen molar-refractivity contribution in [3.05, 3.63) is 84.1 Å². The maximum absolute atomic E-state index is 12.8. The van der Waals surface area contributed by atoms with Gasteiger partial charge in [0.25, 0.3) is 0 Å². The number of amides is 1. The first-order valence-corrected chi connectivity index (χ1v) is 11.4. The van der Waals surface area contributed by atoms with E-state index >= 15 is 0 Å². The molecule has 0 aliphatic carbocycles. The smallest absolute Gasteiger partial charge is 0.248 e. The number of nitrogens with zero attached hydrogens (tertiary/aromatic N) is 1. The molecule has 1 heterocycles. The SMILES string of the molecule is CCOc1cc2occ(-c3ccc(C)cc3)c2cc1/C(C)=C/C(=O)Nc1ccc(N(C)C)cc1. The lowest BCUT2D eigenvalue weighted by atomic mass is 9.98. The number of benzene rings is 3. The highest BCUT2D eigenvalue weighted by Crippen LogP contribution is 2.37. The summed E-state index contributed by atoms with van der Waals surface area (Å²) in [5, 5.41) is 3.92. The van der Waals surface area contributed by atoms with Crippen LogP contribution >= 0.6 is 0 Å². The number of carbonyl (C=O) groups excluding carboxylic acids is 1. The Morgan fingerprint density at radius 3 is 2.41 bits per heavy atom. The van der Waals surface area contributed by atoms with E-state index in [9.17, 15) is 4.79 Å². The van der Waals surface area contributed by atoms with Crippen LogP contribution in [0.5, 0.6) is 5.75 Å². The molecule has 5 nitrogen and oxygen atoms in total. The minimum Gasteiger partial charge on any atom is -0.493 e. The van der Waals surface area contributed by atoms with E-state index in [-0.39, 0.29) is 5.91 Å². The normalized spacial score (nSPS) is 11.5. The molecule has 5 heteroatoms. The Kier molecular flexibility index (Phi) is 6.73. The first-order chi connectivity index (χ1) is 16.4. The van der Waals surface area contributed by atoms with Gasteiger partial charge in [-0.25, -0.2) is 0 Å². The number of fused-ring (bicyclic) bond motifs is 1. The van der Waals surface area contributed by atoms with Crippen molar-refractivity contribution in [1.29, 1.82) is 0 Å². The first kappa shape index (κ1) is 23.2. The van der Waals surface area contributed by atoms with Gasteiger partial charge in [-0.3, -0.25) is 4.79 Å². The summed E-state index contributed by atoms with van der Waals surface area (Å²) in [5.74, 6) is 0.500. The van der Waals surface area contributed by atoms with Gasteiger partial charge in [0.15, 0.2) is 0 Å². The summed E-state index contributed by atoms with van der Waals surface area (Å²) in [6.45, 7) is 6.45. The molecule has 34 heavy (non-hydrogen) atoms. The molecule has 0 atom stereocenters. The van der Waals surface area contributed by atoms with Gasteiger partial charge in [-0.15, -0.1) is 0 Å². The van der Waals surface area contributed by atoms with Gasteiger partial charge in [0, 0.05) is 54.1 Å². The number of nitrogens with one attached hydrogen (secondary N) is 1. The van der Waals surface area contributed by atoms with E-state index in [0.29, 0.717) is 12.4 Å². The summed E-state index contributed by atoms with van der Waals surface area (Å²) < 4.78 is 11.8. The number of rotatable bonds is 7. The lowest BCUT2D eigenvalue weighted by Crippen LogP contribution is -2.10. The maximum Gasteiger partial charge on any atom is 0.248 e. The predicted octanol–water partition coefficient (Wildman–Crippen LogP) is 6.91. The predicted molar refractivity (Wildman–Crippen MR) is 141 cm³/mol. The standard InChI is InChI=1S/C29H30N2O3/c1-6-33-27-17-28-25(26(18-34-28)21-9-7-19(2)8-10-21)16-24(27)20(3)15-29(32)30-22-11-13-23(14-12-22)31(4)5/h7-18H,6H2,1-5H3,(H,30,32)/b20-15+.